The Hall–Kier alpha value is -2.66. The van der Waals surface area contributed by atoms with Gasteiger partial charge in [0.05, 0.1) is 6.54 Å². The van der Waals surface area contributed by atoms with Crippen molar-refractivity contribution in [3.8, 4) is 0 Å². The van der Waals surface area contributed by atoms with Crippen LogP contribution in [0.1, 0.15) is 36.9 Å². The fraction of sp³-hybridized carbons (Fsp3) is 0.333. The van der Waals surface area contributed by atoms with Crippen LogP contribution in [0.25, 0.3) is 0 Å². The monoisotopic (exact) mass is 354 g/mol. The molecule has 0 heterocycles. The highest BCUT2D eigenvalue weighted by molar-refractivity contribution is 5.84. The maximum atomic E-state index is 12.9. The summed E-state index contributed by atoms with van der Waals surface area (Å²) in [4.78, 5) is 26.0. The predicted molar refractivity (Wildman–Crippen MR) is 102 cm³/mol. The third-order valence-electron chi connectivity index (χ3n) is 4.13. The number of amides is 1. The second-order valence-corrected chi connectivity index (χ2v) is 6.24. The summed E-state index contributed by atoms with van der Waals surface area (Å²) in [5, 5.41) is 12.3. The molecule has 1 unspecified atom stereocenters. The van der Waals surface area contributed by atoms with Crippen LogP contribution >= 0.6 is 0 Å². The first-order valence-corrected chi connectivity index (χ1v) is 8.94. The average Bonchev–Trinajstić information content (AvgIpc) is 2.63. The third kappa shape index (κ3) is 6.01. The largest absolute Gasteiger partial charge is 0.480 e. The maximum Gasteiger partial charge on any atom is 0.317 e. The van der Waals surface area contributed by atoms with E-state index in [1.165, 1.54) is 0 Å². The van der Waals surface area contributed by atoms with Gasteiger partial charge < -0.3 is 10.4 Å². The van der Waals surface area contributed by atoms with Crippen molar-refractivity contribution in [1.82, 2.24) is 10.2 Å². The van der Waals surface area contributed by atoms with E-state index in [1.54, 1.807) is 4.90 Å². The molecular formula is C21H26N2O3. The van der Waals surface area contributed by atoms with Gasteiger partial charge in [0.15, 0.2) is 0 Å². The van der Waals surface area contributed by atoms with Gasteiger partial charge in [-0.15, -0.1) is 0 Å². The Morgan fingerprint density at radius 1 is 1.04 bits per heavy atom. The predicted octanol–water partition coefficient (Wildman–Crippen LogP) is 3.23. The zero-order chi connectivity index (χ0) is 18.8. The first-order valence-electron chi connectivity index (χ1n) is 8.94. The van der Waals surface area contributed by atoms with Gasteiger partial charge in [-0.25, -0.2) is 0 Å². The number of nitrogens with zero attached hydrogens (tertiary/aromatic N) is 1. The lowest BCUT2D eigenvalue weighted by molar-refractivity contribution is -0.140. The quantitative estimate of drug-likeness (QED) is 0.643. The molecule has 0 aliphatic rings. The van der Waals surface area contributed by atoms with E-state index < -0.39 is 12.0 Å². The van der Waals surface area contributed by atoms with Crippen molar-refractivity contribution < 1.29 is 14.7 Å². The molecule has 2 aromatic carbocycles. The topological polar surface area (TPSA) is 69.6 Å². The van der Waals surface area contributed by atoms with E-state index in [2.05, 4.69) is 12.2 Å². The Morgan fingerprint density at radius 3 is 2.23 bits per heavy atom. The lowest BCUT2D eigenvalue weighted by Crippen LogP contribution is -2.42. The summed E-state index contributed by atoms with van der Waals surface area (Å²) in [5.41, 5.74) is 1.76. The number of hydrogen-bond donors (Lipinski definition) is 2. The van der Waals surface area contributed by atoms with Gasteiger partial charge in [0.25, 0.3) is 0 Å². The second-order valence-electron chi connectivity index (χ2n) is 6.24. The number of carboxylic acid groups (broad SMARTS) is 1. The number of unbranched alkanes of at least 4 members (excludes halogenated alkanes) is 1. The number of rotatable bonds is 10. The highest BCUT2D eigenvalue weighted by Crippen LogP contribution is 2.23. The van der Waals surface area contributed by atoms with Crippen molar-refractivity contribution in [2.75, 3.05) is 13.1 Å². The molecule has 0 fully saturated rings. The summed E-state index contributed by atoms with van der Waals surface area (Å²) in [5.74, 6) is -1.12. The average molecular weight is 354 g/mol. The molecule has 0 spiro atoms. The van der Waals surface area contributed by atoms with Crippen LogP contribution in [0.5, 0.6) is 0 Å². The van der Waals surface area contributed by atoms with Crippen molar-refractivity contribution >= 4 is 11.9 Å². The minimum Gasteiger partial charge on any atom is -0.480 e. The molecule has 2 N–H and O–H groups in total. The first kappa shape index (κ1) is 19.7. The molecule has 0 radical (unpaired) electrons. The first-order chi connectivity index (χ1) is 12.6. The summed E-state index contributed by atoms with van der Waals surface area (Å²) < 4.78 is 0. The van der Waals surface area contributed by atoms with Gasteiger partial charge in [0, 0.05) is 13.1 Å². The van der Waals surface area contributed by atoms with Gasteiger partial charge in [-0.2, -0.15) is 0 Å². The van der Waals surface area contributed by atoms with Gasteiger partial charge >= 0.3 is 5.97 Å². The zero-order valence-electron chi connectivity index (χ0n) is 15.1. The van der Waals surface area contributed by atoms with E-state index in [4.69, 9.17) is 0 Å². The molecule has 5 heteroatoms. The number of benzene rings is 2. The normalized spacial score (nSPS) is 11.9. The number of carboxylic acids is 1. The molecule has 0 aromatic heterocycles. The molecule has 0 saturated carbocycles. The van der Waals surface area contributed by atoms with Crippen LogP contribution in [0.15, 0.2) is 60.7 Å². The Labute approximate surface area is 154 Å². The van der Waals surface area contributed by atoms with Gasteiger partial charge in [0.1, 0.15) is 6.04 Å². The van der Waals surface area contributed by atoms with Crippen LogP contribution in [0.2, 0.25) is 0 Å². The summed E-state index contributed by atoms with van der Waals surface area (Å²) in [6, 6.07) is 18.3. The second kappa shape index (κ2) is 10.4. The van der Waals surface area contributed by atoms with E-state index in [1.807, 2.05) is 60.7 Å². The van der Waals surface area contributed by atoms with Crippen molar-refractivity contribution in [3.63, 3.8) is 0 Å². The van der Waals surface area contributed by atoms with Crippen LogP contribution in [-0.4, -0.2) is 35.0 Å². The third-order valence-corrected chi connectivity index (χ3v) is 4.13. The van der Waals surface area contributed by atoms with Crippen LogP contribution in [-0.2, 0) is 16.1 Å². The molecule has 2 rings (SSSR count). The molecular weight excluding hydrogens is 328 g/mol. The summed E-state index contributed by atoms with van der Waals surface area (Å²) in [6.45, 7) is 2.82. The fourth-order valence-electron chi connectivity index (χ4n) is 2.88. The van der Waals surface area contributed by atoms with E-state index in [9.17, 15) is 14.7 Å². The van der Waals surface area contributed by atoms with Crippen molar-refractivity contribution in [1.29, 1.82) is 0 Å². The van der Waals surface area contributed by atoms with Crippen LogP contribution < -0.4 is 5.32 Å². The Kier molecular flexibility index (Phi) is 7.83. The molecule has 2 aromatic rings. The van der Waals surface area contributed by atoms with Gasteiger partial charge in [-0.1, -0.05) is 74.0 Å². The van der Waals surface area contributed by atoms with Crippen molar-refractivity contribution in [3.05, 3.63) is 71.8 Å². The standard InChI is InChI=1S/C21H26N2O3/c1-2-3-14-22-21(26)20(18-12-8-5-9-13-18)23(16-19(24)25)15-17-10-6-4-7-11-17/h4-13,20H,2-3,14-16H2,1H3,(H,22,26)(H,24,25). The number of carbonyl (C=O) groups is 2. The van der Waals surface area contributed by atoms with E-state index in [-0.39, 0.29) is 12.5 Å². The number of hydrogen-bond acceptors (Lipinski definition) is 3. The minimum atomic E-state index is -0.955. The molecule has 0 aliphatic heterocycles. The van der Waals surface area contributed by atoms with Crippen LogP contribution in [0.4, 0.5) is 0 Å². The Morgan fingerprint density at radius 2 is 1.65 bits per heavy atom. The zero-order valence-corrected chi connectivity index (χ0v) is 15.1. The fourth-order valence-corrected chi connectivity index (χ4v) is 2.88. The molecule has 5 nitrogen and oxygen atoms in total. The maximum absolute atomic E-state index is 12.9. The van der Waals surface area contributed by atoms with E-state index >= 15 is 0 Å². The minimum absolute atomic E-state index is 0.165. The number of aliphatic carboxylic acids is 1. The number of carbonyl (C=O) groups excluding carboxylic acids is 1. The molecule has 0 bridgehead atoms. The van der Waals surface area contributed by atoms with Gasteiger partial charge in [-0.05, 0) is 17.5 Å². The van der Waals surface area contributed by atoms with Gasteiger partial charge in [0.2, 0.25) is 5.91 Å². The van der Waals surface area contributed by atoms with Crippen LogP contribution in [0, 0.1) is 0 Å². The highest BCUT2D eigenvalue weighted by Gasteiger charge is 2.29. The molecule has 0 saturated heterocycles. The smallest absolute Gasteiger partial charge is 0.317 e. The molecule has 1 amide bonds. The summed E-state index contributed by atoms with van der Waals surface area (Å²) >= 11 is 0. The lowest BCUT2D eigenvalue weighted by atomic mass is 10.0. The summed E-state index contributed by atoms with van der Waals surface area (Å²) in [6.07, 6.45) is 1.88. The van der Waals surface area contributed by atoms with Crippen molar-refractivity contribution in [2.24, 2.45) is 0 Å². The Bertz CT molecular complexity index is 689. The number of nitrogens with one attached hydrogen (secondary N) is 1. The van der Waals surface area contributed by atoms with Gasteiger partial charge in [-0.3, -0.25) is 14.5 Å². The molecule has 0 aliphatic carbocycles. The Balaban J connectivity index is 2.30. The highest BCUT2D eigenvalue weighted by atomic mass is 16.4. The lowest BCUT2D eigenvalue weighted by Gasteiger charge is -2.30. The van der Waals surface area contributed by atoms with Crippen LogP contribution in [0.3, 0.4) is 0 Å². The van der Waals surface area contributed by atoms with Crippen molar-refractivity contribution in [2.45, 2.75) is 32.4 Å². The van der Waals surface area contributed by atoms with E-state index in [0.717, 1.165) is 24.0 Å². The summed E-state index contributed by atoms with van der Waals surface area (Å²) in [7, 11) is 0. The molecule has 138 valence electrons. The molecule has 1 atom stereocenters. The molecule has 26 heavy (non-hydrogen) atoms. The van der Waals surface area contributed by atoms with E-state index in [0.29, 0.717) is 13.1 Å². The SMILES string of the molecule is CCCCNC(=O)C(c1ccccc1)N(CC(=O)O)Cc1ccccc1.